The smallest absolute Gasteiger partial charge is 0.136 e. The molecule has 31 aromatic rings. The fourth-order valence-electron chi connectivity index (χ4n) is 17.9. The largest absolute Gasteiger partial charge is 0.456 e. The predicted octanol–water partition coefficient (Wildman–Crippen LogP) is 41.3. The summed E-state index contributed by atoms with van der Waals surface area (Å²) in [6.45, 7) is 0. The van der Waals surface area contributed by atoms with Gasteiger partial charge in [-0.25, -0.2) is 0 Å². The molecule has 28 aromatic carbocycles. The van der Waals surface area contributed by atoms with E-state index in [1.54, 1.807) is 0 Å². The lowest BCUT2D eigenvalue weighted by atomic mass is 9.83. The first-order valence-electron chi connectivity index (χ1n) is 87.5. The molecule has 0 aliphatic carbocycles. The molecule has 0 fully saturated rings. The molecule has 3 aromatic heterocycles. The number of rotatable bonds is 10. The van der Waals surface area contributed by atoms with Crippen LogP contribution in [-0.4, -0.2) is 0 Å². The van der Waals surface area contributed by atoms with E-state index in [0.29, 0.717) is 0 Å². The number of benzene rings is 28. The molecule has 0 amide bonds. The van der Waals surface area contributed by atoms with Crippen LogP contribution < -0.4 is 0 Å². The van der Waals surface area contributed by atoms with Gasteiger partial charge >= 0.3 is 0 Å². The highest BCUT2D eigenvalue weighted by Gasteiger charge is 2.26. The quantitative estimate of drug-likeness (QED) is 0.101. The highest BCUT2D eigenvalue weighted by Crippen LogP contribution is 2.53. The van der Waals surface area contributed by atoms with E-state index in [1.807, 2.05) is 0 Å². The first kappa shape index (κ1) is 34.5. The van der Waals surface area contributed by atoms with Gasteiger partial charge in [-0.15, -0.1) is 0 Å². The molecule has 0 aliphatic heterocycles. The van der Waals surface area contributed by atoms with E-state index in [4.69, 9.17) is 81.8 Å². The first-order valence-corrected chi connectivity index (χ1v) is 43.5. The van der Waals surface area contributed by atoms with Crippen LogP contribution in [0.15, 0.2) is 545 Å². The van der Waals surface area contributed by atoms with Gasteiger partial charge in [-0.2, -0.15) is 0 Å². The molecule has 0 bridgehead atoms. The Morgan fingerprint density at radius 2 is 0.340 bits per heavy atom. The van der Waals surface area contributed by atoms with Gasteiger partial charge in [0.15, 0.2) is 0 Å². The predicted molar refractivity (Wildman–Crippen MR) is 626 cm³/mol. The van der Waals surface area contributed by atoms with Crippen LogP contribution in [0.25, 0.3) is 306 Å². The van der Waals surface area contributed by atoms with Gasteiger partial charge in [-0.05, 0) is 307 Å². The molecule has 31 rings (SSSR count). The minimum absolute atomic E-state index is 0.454. The molecule has 0 unspecified atom stereocenters. The van der Waals surface area contributed by atoms with Crippen molar-refractivity contribution in [2.24, 2.45) is 0 Å². The lowest BCUT2D eigenvalue weighted by Crippen LogP contribution is -1.92. The maximum absolute atomic E-state index is 9.84. The third kappa shape index (κ3) is 14.3. The normalized spacial score (nSPS) is 20.2. The van der Waals surface area contributed by atoms with Gasteiger partial charge in [-0.1, -0.05) is 465 Å². The number of fused-ring (bicyclic) bond motifs is 22. The zero-order valence-electron chi connectivity index (χ0n) is 161. The van der Waals surface area contributed by atoms with Crippen molar-refractivity contribution in [3.05, 3.63) is 532 Å². The molecule has 3 heterocycles. The van der Waals surface area contributed by atoms with Gasteiger partial charge < -0.3 is 13.3 Å². The van der Waals surface area contributed by atoms with Crippen molar-refractivity contribution in [2.75, 3.05) is 0 Å². The Hall–Kier alpha value is -19.3. The highest BCUT2D eigenvalue weighted by atomic mass is 16.3. The van der Waals surface area contributed by atoms with E-state index in [1.165, 1.54) is 0 Å². The van der Waals surface area contributed by atoms with Crippen LogP contribution in [0.3, 0.4) is 0 Å². The monoisotopic (exact) mass is 1950 g/mol. The standard InChI is InChI=1S/C50H30O.C48H30O.C46H28O/c1-2-13-34-30-47-45(28-33(34)12-1)50-37(22-11-23-46(50)51-47)31-24-26-32(27-25-31)48-40-18-7-9-20-42(40)49(43-21-10-8-19-41(43)48)44-29-35-14-3-4-15-36(35)38-16-5-6-17-39(38)44;1-2-11-31(12-3-1)32-21-25-34(26-22-32)46-39-15-6-8-17-41(39)47(42-18-9-7-16-40(42)46)35-27-23-33(24-28-35)38-19-10-20-44-48(38)43-29-36-13-4-5-14-37(36)30-45(43)49-44;1-2-11-32-26-35(25-20-29(32)10-1)45-39-16-7-5-14-37(39)44(38-15-6-8-17-40(38)45)31-23-21-30(22-24-31)36-18-9-19-42-46(36)41-27-33-12-3-4-13-34(33)28-43(41)47-42/h1-30H;1-30H;1-28H/i2*1D,2D,3D,4D,5D,6D,7D,8D,9D,10D,11D,12D,13D,14D,15D,16D,17D,18D,19D,20D,21D,22D,23D,24D,25D,26D,27D,28D,29D,30D;1D,2D,3D,4D,5D,6D,7D,8D,9D,10D,11D,12D,13D,14D,15D,16D,17D,18D,19D,20D,21D,22D,23D,24D,25D,26D,27D,28D. The van der Waals surface area contributed by atoms with Crippen LogP contribution in [0.4, 0.5) is 0 Å². The van der Waals surface area contributed by atoms with E-state index < -0.39 is 838 Å². The second-order valence-corrected chi connectivity index (χ2v) is 32.0. The SMILES string of the molecule is [2H]c1c([2H])c(-c2c([2H])c([2H])c([2H])c3oc4c([2H])c5c([2H])c([2H])c([2H])c([2H])c5c([2H])c4c23)c([2H])c([2H])c1-c1c2c([2H])c([2H])c([2H])c([2H])c2c(-c2c([2H])c([2H])c3c([2H])c([2H])c([2H])c([2H])c3c2[2H])c2c([2H])c([2H])c([2H])c([2H])c12.[2H]c1c([2H])c(-c2c([2H])c([2H])c([2H])c3oc4c([2H])c5c([2H])c([2H])c([2H])c([2H])c5c([2H])c4c23)c([2H])c([2H])c1-c1c2c([2H])c([2H])c([2H])c([2H])c2c(-c2c([2H])c3c([2H])c([2H])c([2H])c([2H])c3c3c([2H])c([2H])c([2H])c([2H])c23)c2c([2H])c([2H])c([2H])c([2H])c12.[2H]c1c([2H])c([2H])c(-c2c([2H])c([2H])c(-c3c4c([2H])c([2H])c([2H])c([2H])c4c(-c4c([2H])c([2H])c(-c5c([2H])c([2H])c([2H])c6oc7c([2H])c8c([2H])c([2H])c([2H])c([2H])c8c([2H])c7c56)c([2H])c4[2H])c4c([2H])c([2H])c([2H])c([2H])c34)c([2H])c2[2H])c([2H])c1[2H]. The van der Waals surface area contributed by atoms with Crippen molar-refractivity contribution in [2.45, 2.75) is 0 Å². The zero-order valence-corrected chi connectivity index (χ0v) is 73.2. The molecule has 0 saturated carbocycles. The minimum atomic E-state index is -1.14. The molecular weight excluding hydrogens is 1780 g/mol. The zero-order chi connectivity index (χ0) is 173. The van der Waals surface area contributed by atoms with Crippen LogP contribution in [0.2, 0.25) is 0 Å². The Morgan fingerprint density at radius 3 is 0.673 bits per heavy atom. The van der Waals surface area contributed by atoms with Crippen LogP contribution in [-0.2, 0) is 0 Å². The molecule has 147 heavy (non-hydrogen) atoms. The van der Waals surface area contributed by atoms with Gasteiger partial charge in [-0.3, -0.25) is 0 Å². The van der Waals surface area contributed by atoms with Crippen molar-refractivity contribution >= 4 is 195 Å². The van der Waals surface area contributed by atoms with Gasteiger partial charge in [0.2, 0.25) is 0 Å². The molecule has 3 nitrogen and oxygen atoms in total. The fourth-order valence-corrected chi connectivity index (χ4v) is 17.9. The summed E-state index contributed by atoms with van der Waals surface area (Å²) >= 11 is 0. The Balaban J connectivity index is 0.000000147. The van der Waals surface area contributed by atoms with Crippen LogP contribution in [0, 0.1) is 0 Å². The third-order valence-corrected chi connectivity index (χ3v) is 24.1. The Labute approximate surface area is 970 Å². The van der Waals surface area contributed by atoms with Crippen LogP contribution >= 0.6 is 0 Å². The summed E-state index contributed by atoms with van der Waals surface area (Å²) in [5.74, 6) is 0. The average molecular weight is 1950 g/mol. The molecule has 0 spiro atoms. The Bertz CT molecular complexity index is 16400. The lowest BCUT2D eigenvalue weighted by molar-refractivity contribution is 0.669. The van der Waals surface area contributed by atoms with Gasteiger partial charge in [0, 0.05) is 32.3 Å². The summed E-state index contributed by atoms with van der Waals surface area (Å²) in [5.41, 5.74) is -19.5. The second-order valence-electron chi connectivity index (χ2n) is 32.0. The van der Waals surface area contributed by atoms with E-state index in [2.05, 4.69) is 0 Å². The summed E-state index contributed by atoms with van der Waals surface area (Å²) in [6, 6.07) is -82.5. The van der Waals surface area contributed by atoms with Crippen molar-refractivity contribution in [3.63, 3.8) is 0 Å². The summed E-state index contributed by atoms with van der Waals surface area (Å²) in [5, 5.41) is -19.0. The molecule has 3 heteroatoms. The van der Waals surface area contributed by atoms with Crippen LogP contribution in [0.1, 0.15) is 121 Å². The maximum atomic E-state index is 9.84. The maximum Gasteiger partial charge on any atom is 0.136 e. The fraction of sp³-hybridized carbons (Fsp3) is 0. The van der Waals surface area contributed by atoms with E-state index >= 15 is 0 Å². The summed E-state index contributed by atoms with van der Waals surface area (Å²) in [6.07, 6.45) is 0. The Kier molecular flexibility index (Phi) is 8.18. The number of hydrogen-bond acceptors (Lipinski definition) is 3. The molecule has 0 radical (unpaired) electrons. The molecular formula is C144H88O3. The molecule has 682 valence electrons. The van der Waals surface area contributed by atoms with E-state index in [-0.39, 0.29) is 0 Å². The van der Waals surface area contributed by atoms with Crippen LogP contribution in [0.5, 0.6) is 0 Å². The lowest BCUT2D eigenvalue weighted by Gasteiger charge is -2.19. The molecule has 0 saturated heterocycles. The Morgan fingerprint density at radius 1 is 0.109 bits per heavy atom. The van der Waals surface area contributed by atoms with E-state index in [9.17, 15) is 52.1 Å². The minimum Gasteiger partial charge on any atom is -0.456 e. The van der Waals surface area contributed by atoms with Crippen molar-refractivity contribution in [3.8, 4) is 111 Å². The van der Waals surface area contributed by atoms with Gasteiger partial charge in [0.05, 0.1) is 121 Å². The highest BCUT2D eigenvalue weighted by molar-refractivity contribution is 6.29. The topological polar surface area (TPSA) is 39.4 Å². The van der Waals surface area contributed by atoms with Crippen molar-refractivity contribution in [1.29, 1.82) is 0 Å². The second kappa shape index (κ2) is 34.8. The average Bonchev–Trinajstić information content (AvgIpc) is 1.41. The van der Waals surface area contributed by atoms with Crippen molar-refractivity contribution < 1.29 is 134 Å². The molecule has 0 N–H and O–H groups in total. The van der Waals surface area contributed by atoms with Crippen molar-refractivity contribution in [1.82, 2.24) is 0 Å². The van der Waals surface area contributed by atoms with Gasteiger partial charge in [0.25, 0.3) is 0 Å². The summed E-state index contributed by atoms with van der Waals surface area (Å²) < 4.78 is 811. The van der Waals surface area contributed by atoms with E-state index in [0.717, 1.165) is 0 Å². The number of hydrogen-bond donors (Lipinski definition) is 0. The first-order chi connectivity index (χ1) is 110. The van der Waals surface area contributed by atoms with Gasteiger partial charge in [0.1, 0.15) is 33.5 Å². The number of furan rings is 3. The summed E-state index contributed by atoms with van der Waals surface area (Å²) in [7, 11) is 0. The molecule has 0 atom stereocenters. The summed E-state index contributed by atoms with van der Waals surface area (Å²) in [4.78, 5) is 0. The molecule has 0 aliphatic rings. The third-order valence-electron chi connectivity index (χ3n) is 24.1.